The van der Waals surface area contributed by atoms with Crippen LogP contribution in [0.1, 0.15) is 28.2 Å². The number of fused-ring (bicyclic) bond motifs is 3. The second kappa shape index (κ2) is 8.22. The molecule has 2 aromatic rings. The van der Waals surface area contributed by atoms with Gasteiger partial charge in [-0.3, -0.25) is 0 Å². The quantitative estimate of drug-likeness (QED) is 0.399. The molecule has 2 aliphatic carbocycles. The number of benzene rings is 2. The molecule has 0 N–H and O–H groups in total. The van der Waals surface area contributed by atoms with E-state index < -0.39 is 0 Å². The van der Waals surface area contributed by atoms with E-state index in [1.165, 1.54) is 33.4 Å². The smallest absolute Gasteiger partial charge is 0.0213 e. The molecule has 0 fully saturated rings. The molecule has 0 aromatic heterocycles. The molecular weight excluding hydrogens is 372 g/mol. The van der Waals surface area contributed by atoms with Crippen molar-refractivity contribution in [2.24, 2.45) is 0 Å². The molecule has 23 heavy (non-hydrogen) atoms. The van der Waals surface area contributed by atoms with Crippen LogP contribution in [0.5, 0.6) is 0 Å². The van der Waals surface area contributed by atoms with Crippen LogP contribution in [0.25, 0.3) is 11.1 Å². The maximum Gasteiger partial charge on any atom is 0.0213 e. The maximum absolute atomic E-state index is 3.65. The first-order chi connectivity index (χ1) is 10.7. The molecule has 0 heterocycles. The van der Waals surface area contributed by atoms with Gasteiger partial charge in [0.15, 0.2) is 0 Å². The SMILES string of the molecule is C[SiH]C.Cc1cc(C2C=CC=C2)[c-]c2c1-c1ccccc1C2.[Zr]. The Hall–Kier alpha value is -0.980. The van der Waals surface area contributed by atoms with Gasteiger partial charge in [-0.25, -0.2) is 0 Å². The van der Waals surface area contributed by atoms with Crippen LogP contribution in [0.3, 0.4) is 0 Å². The molecule has 0 saturated heterocycles. The number of hydrogen-bond donors (Lipinski definition) is 0. The predicted octanol–water partition coefficient (Wildman–Crippen LogP) is 5.09. The summed E-state index contributed by atoms with van der Waals surface area (Å²) in [7, 11) is 0.750. The summed E-state index contributed by atoms with van der Waals surface area (Å²) in [6, 6.07) is 14.7. The number of rotatable bonds is 1. The zero-order valence-corrected chi connectivity index (χ0v) is 17.7. The third kappa shape index (κ3) is 3.75. The van der Waals surface area contributed by atoms with Crippen molar-refractivity contribution in [3.8, 4) is 11.1 Å². The minimum atomic E-state index is 0. The largest absolute Gasteiger partial charge is 0.175 e. The number of allylic oxidation sites excluding steroid dienone is 4. The van der Waals surface area contributed by atoms with Gasteiger partial charge in [0.05, 0.1) is 0 Å². The van der Waals surface area contributed by atoms with Gasteiger partial charge in [-0.2, -0.15) is 23.3 Å². The van der Waals surface area contributed by atoms with Gasteiger partial charge in [-0.15, -0.1) is 11.1 Å². The third-order valence-electron chi connectivity index (χ3n) is 4.12. The topological polar surface area (TPSA) is 0 Å². The average Bonchev–Trinajstić information content (AvgIpc) is 3.15. The molecule has 0 saturated carbocycles. The van der Waals surface area contributed by atoms with Gasteiger partial charge in [0, 0.05) is 35.7 Å². The van der Waals surface area contributed by atoms with Gasteiger partial charge < -0.3 is 0 Å². The van der Waals surface area contributed by atoms with Crippen molar-refractivity contribution in [3.63, 3.8) is 0 Å². The second-order valence-corrected chi connectivity index (χ2v) is 7.12. The van der Waals surface area contributed by atoms with Gasteiger partial charge in [0.1, 0.15) is 0 Å². The molecule has 0 spiro atoms. The molecule has 2 heteroatoms. The molecule has 0 aliphatic heterocycles. The maximum atomic E-state index is 3.65. The van der Waals surface area contributed by atoms with E-state index in [-0.39, 0.29) is 26.2 Å². The van der Waals surface area contributed by atoms with E-state index in [1.54, 1.807) is 0 Å². The minimum absolute atomic E-state index is 0. The summed E-state index contributed by atoms with van der Waals surface area (Å²) in [6.45, 7) is 6.64. The molecule has 0 amide bonds. The Morgan fingerprint density at radius 1 is 1.09 bits per heavy atom. The zero-order chi connectivity index (χ0) is 15.5. The minimum Gasteiger partial charge on any atom is -0.175 e. The van der Waals surface area contributed by atoms with Gasteiger partial charge in [0.2, 0.25) is 0 Å². The molecular formula is C21H22SiZr-. The zero-order valence-electron chi connectivity index (χ0n) is 14.1. The molecule has 0 bridgehead atoms. The van der Waals surface area contributed by atoms with E-state index in [9.17, 15) is 0 Å². The van der Waals surface area contributed by atoms with Crippen molar-refractivity contribution in [2.75, 3.05) is 0 Å². The Morgan fingerprint density at radius 2 is 1.74 bits per heavy atom. The standard InChI is InChI=1S/C19H15.C2H7Si.Zr/c1-13-10-16(14-6-2-3-7-14)12-17-11-15-8-4-5-9-18(15)19(13)17;1-3-2;/h2-10,14H,11H2,1H3;3H,1-2H3;/q-1;;. The van der Waals surface area contributed by atoms with Crippen LogP contribution >= 0.6 is 0 Å². The summed E-state index contributed by atoms with van der Waals surface area (Å²) >= 11 is 0. The van der Waals surface area contributed by atoms with E-state index in [0.717, 1.165) is 15.9 Å². The van der Waals surface area contributed by atoms with Crippen molar-refractivity contribution in [2.45, 2.75) is 32.4 Å². The van der Waals surface area contributed by atoms with Crippen LogP contribution in [0.4, 0.5) is 0 Å². The van der Waals surface area contributed by atoms with Gasteiger partial charge in [-0.05, 0) is 12.3 Å². The molecule has 0 unspecified atom stereocenters. The Bertz CT molecular complexity index is 732. The first kappa shape index (κ1) is 18.4. The summed E-state index contributed by atoms with van der Waals surface area (Å²) in [5.41, 5.74) is 8.29. The normalized spacial score (nSPS) is 13.9. The Kier molecular flexibility index (Phi) is 6.56. The van der Waals surface area contributed by atoms with Gasteiger partial charge >= 0.3 is 0 Å². The fourth-order valence-corrected chi connectivity index (χ4v) is 3.25. The first-order valence-corrected chi connectivity index (χ1v) is 10.3. The predicted molar refractivity (Wildman–Crippen MR) is 98.2 cm³/mol. The Morgan fingerprint density at radius 3 is 2.43 bits per heavy atom. The fourth-order valence-electron chi connectivity index (χ4n) is 3.25. The summed E-state index contributed by atoms with van der Waals surface area (Å²) in [4.78, 5) is 0. The summed E-state index contributed by atoms with van der Waals surface area (Å²) in [6.07, 6.45) is 9.74. The van der Waals surface area contributed by atoms with E-state index in [2.05, 4.69) is 80.7 Å². The van der Waals surface area contributed by atoms with Crippen LogP contribution in [0.15, 0.2) is 54.6 Å². The van der Waals surface area contributed by atoms with Crippen LogP contribution in [0, 0.1) is 13.0 Å². The Balaban J connectivity index is 0.000000448. The number of hydrogen-bond acceptors (Lipinski definition) is 0. The summed E-state index contributed by atoms with van der Waals surface area (Å²) < 4.78 is 0. The van der Waals surface area contributed by atoms with Crippen molar-refractivity contribution in [1.29, 1.82) is 0 Å². The second-order valence-electron chi connectivity index (χ2n) is 5.97. The molecule has 0 nitrogen and oxygen atoms in total. The molecule has 1 radical (unpaired) electrons. The van der Waals surface area contributed by atoms with Crippen LogP contribution in [0.2, 0.25) is 13.1 Å². The molecule has 115 valence electrons. The van der Waals surface area contributed by atoms with Crippen LogP contribution < -0.4 is 0 Å². The molecule has 2 aliphatic rings. The molecule has 0 atom stereocenters. The molecule has 4 rings (SSSR count). The van der Waals surface area contributed by atoms with Gasteiger partial charge in [0.25, 0.3) is 0 Å². The first-order valence-electron chi connectivity index (χ1n) is 7.97. The van der Waals surface area contributed by atoms with Crippen LogP contribution in [-0.4, -0.2) is 9.52 Å². The summed E-state index contributed by atoms with van der Waals surface area (Å²) in [5, 5.41) is 0. The van der Waals surface area contributed by atoms with E-state index in [4.69, 9.17) is 0 Å². The average molecular weight is 394 g/mol. The van der Waals surface area contributed by atoms with Gasteiger partial charge in [-0.1, -0.05) is 79.7 Å². The van der Waals surface area contributed by atoms with E-state index in [0.29, 0.717) is 5.92 Å². The van der Waals surface area contributed by atoms with Crippen molar-refractivity contribution >= 4 is 9.52 Å². The third-order valence-corrected chi connectivity index (χ3v) is 4.12. The molecule has 2 aromatic carbocycles. The number of aryl methyl sites for hydroxylation is 1. The van der Waals surface area contributed by atoms with Crippen LogP contribution in [-0.2, 0) is 32.6 Å². The fraction of sp³-hybridized carbons (Fsp3) is 0.238. The van der Waals surface area contributed by atoms with Crippen molar-refractivity contribution in [1.82, 2.24) is 0 Å². The van der Waals surface area contributed by atoms with Crippen molar-refractivity contribution in [3.05, 3.63) is 83.0 Å². The van der Waals surface area contributed by atoms with E-state index in [1.807, 2.05) is 0 Å². The van der Waals surface area contributed by atoms with Crippen molar-refractivity contribution < 1.29 is 26.2 Å². The van der Waals surface area contributed by atoms with E-state index >= 15 is 0 Å². The summed E-state index contributed by atoms with van der Waals surface area (Å²) in [5.74, 6) is 0.410. The monoisotopic (exact) mass is 392 g/mol. The Labute approximate surface area is 161 Å².